The molecule has 0 unspecified atom stereocenters. The van der Waals surface area contributed by atoms with Gasteiger partial charge in [0.25, 0.3) is 5.91 Å². The van der Waals surface area contributed by atoms with E-state index in [-0.39, 0.29) is 17.6 Å². The summed E-state index contributed by atoms with van der Waals surface area (Å²) in [7, 11) is 0. The SMILES string of the molecule is C#CCn1nc(C2CCN(C(=O)c3ccnc(N)c3)CC2)c2c(F)cccc21. The molecular weight excluding hydrogens is 357 g/mol. The highest BCUT2D eigenvalue weighted by molar-refractivity contribution is 5.94. The third-order valence-corrected chi connectivity index (χ3v) is 5.19. The number of likely N-dealkylation sites (tertiary alicyclic amines) is 1. The molecule has 0 radical (unpaired) electrons. The second kappa shape index (κ2) is 7.31. The molecule has 6 nitrogen and oxygen atoms in total. The Labute approximate surface area is 162 Å². The fraction of sp³-hybridized carbons (Fsp3) is 0.286. The molecule has 1 amide bonds. The number of nitrogens with two attached hydrogens (primary N) is 1. The molecule has 1 saturated heterocycles. The fourth-order valence-electron chi connectivity index (χ4n) is 3.83. The monoisotopic (exact) mass is 377 g/mol. The number of carbonyl (C=O) groups excluding carboxylic acids is 1. The van der Waals surface area contributed by atoms with E-state index in [9.17, 15) is 9.18 Å². The van der Waals surface area contributed by atoms with Crippen molar-refractivity contribution in [3.05, 3.63) is 53.6 Å². The lowest BCUT2D eigenvalue weighted by Gasteiger charge is -2.31. The van der Waals surface area contributed by atoms with E-state index in [0.29, 0.717) is 54.8 Å². The van der Waals surface area contributed by atoms with Crippen molar-refractivity contribution >= 4 is 22.6 Å². The van der Waals surface area contributed by atoms with Crippen molar-refractivity contribution in [3.8, 4) is 12.3 Å². The number of amides is 1. The second-order valence-electron chi connectivity index (χ2n) is 6.92. The maximum atomic E-state index is 14.5. The summed E-state index contributed by atoms with van der Waals surface area (Å²) in [5.41, 5.74) is 7.64. The van der Waals surface area contributed by atoms with Crippen LogP contribution in [-0.4, -0.2) is 38.7 Å². The Bertz CT molecular complexity index is 1080. The van der Waals surface area contributed by atoms with Crippen molar-refractivity contribution < 1.29 is 9.18 Å². The predicted molar refractivity (Wildman–Crippen MR) is 105 cm³/mol. The van der Waals surface area contributed by atoms with Crippen LogP contribution in [0.25, 0.3) is 10.9 Å². The van der Waals surface area contributed by atoms with Crippen LogP contribution >= 0.6 is 0 Å². The molecule has 0 atom stereocenters. The number of hydrogen-bond donors (Lipinski definition) is 1. The van der Waals surface area contributed by atoms with Crippen molar-refractivity contribution in [2.45, 2.75) is 25.3 Å². The van der Waals surface area contributed by atoms with E-state index in [0.717, 1.165) is 5.69 Å². The molecule has 142 valence electrons. The lowest BCUT2D eigenvalue weighted by molar-refractivity contribution is 0.0712. The lowest BCUT2D eigenvalue weighted by atomic mass is 9.91. The molecule has 1 aliphatic rings. The number of piperidine rings is 1. The number of hydrogen-bond acceptors (Lipinski definition) is 4. The molecule has 2 N–H and O–H groups in total. The number of carbonyl (C=O) groups is 1. The largest absolute Gasteiger partial charge is 0.384 e. The summed E-state index contributed by atoms with van der Waals surface area (Å²) >= 11 is 0. The van der Waals surface area contributed by atoms with Crippen LogP contribution in [0.2, 0.25) is 0 Å². The summed E-state index contributed by atoms with van der Waals surface area (Å²) < 4.78 is 16.2. The number of anilines is 1. The van der Waals surface area contributed by atoms with Crippen LogP contribution in [0.4, 0.5) is 10.2 Å². The molecule has 0 aliphatic carbocycles. The first-order valence-corrected chi connectivity index (χ1v) is 9.17. The molecule has 0 spiro atoms. The third-order valence-electron chi connectivity index (χ3n) is 5.19. The Morgan fingerprint density at radius 3 is 2.82 bits per heavy atom. The van der Waals surface area contributed by atoms with Crippen molar-refractivity contribution in [2.24, 2.45) is 0 Å². The molecule has 28 heavy (non-hydrogen) atoms. The average molecular weight is 377 g/mol. The normalized spacial score (nSPS) is 14.9. The van der Waals surface area contributed by atoms with Crippen LogP contribution in [0.15, 0.2) is 36.5 Å². The maximum Gasteiger partial charge on any atom is 0.254 e. The maximum absolute atomic E-state index is 14.5. The Hall–Kier alpha value is -3.40. The highest BCUT2D eigenvalue weighted by Gasteiger charge is 2.28. The van der Waals surface area contributed by atoms with Gasteiger partial charge in [-0.2, -0.15) is 5.10 Å². The van der Waals surface area contributed by atoms with Crippen molar-refractivity contribution in [2.75, 3.05) is 18.8 Å². The Morgan fingerprint density at radius 1 is 1.32 bits per heavy atom. The quantitative estimate of drug-likeness (QED) is 0.712. The summed E-state index contributed by atoms with van der Waals surface area (Å²) in [4.78, 5) is 18.4. The zero-order valence-electron chi connectivity index (χ0n) is 15.3. The van der Waals surface area contributed by atoms with Crippen LogP contribution in [0.1, 0.15) is 34.8 Å². The molecule has 7 heteroatoms. The third kappa shape index (κ3) is 3.18. The van der Waals surface area contributed by atoms with Crippen molar-refractivity contribution in [3.63, 3.8) is 0 Å². The molecule has 3 heterocycles. The summed E-state index contributed by atoms with van der Waals surface area (Å²) in [6.07, 6.45) is 8.38. The number of nitrogen functional groups attached to an aromatic ring is 1. The van der Waals surface area contributed by atoms with Gasteiger partial charge in [0, 0.05) is 30.8 Å². The molecule has 3 aromatic rings. The Balaban J connectivity index is 1.56. The Kier molecular flexibility index (Phi) is 4.70. The van der Waals surface area contributed by atoms with Crippen LogP contribution in [0.5, 0.6) is 0 Å². The summed E-state index contributed by atoms with van der Waals surface area (Å²) in [5, 5.41) is 5.14. The molecule has 1 aromatic carbocycles. The van der Waals surface area contributed by atoms with Gasteiger partial charge in [-0.05, 0) is 37.1 Å². The molecule has 2 aromatic heterocycles. The number of benzene rings is 1. The molecule has 1 fully saturated rings. The zero-order valence-corrected chi connectivity index (χ0v) is 15.3. The second-order valence-corrected chi connectivity index (χ2v) is 6.92. The van der Waals surface area contributed by atoms with Gasteiger partial charge < -0.3 is 10.6 Å². The summed E-state index contributed by atoms with van der Waals surface area (Å²) in [6, 6.07) is 8.19. The predicted octanol–water partition coefficient (Wildman–Crippen LogP) is 2.81. The standard InChI is InChI=1S/C21H20FN5O/c1-2-10-27-17-5-3-4-16(22)19(17)20(25-27)14-7-11-26(12-8-14)21(28)15-6-9-24-18(23)13-15/h1,3-6,9,13-14H,7-8,10-12H2,(H2,23,24). The van der Waals surface area contributed by atoms with Crippen LogP contribution < -0.4 is 5.73 Å². The number of pyridine rings is 1. The van der Waals surface area contributed by atoms with E-state index in [1.165, 1.54) is 12.3 Å². The summed E-state index contributed by atoms with van der Waals surface area (Å²) in [5.74, 6) is 2.60. The van der Waals surface area contributed by atoms with E-state index in [4.69, 9.17) is 12.2 Å². The zero-order chi connectivity index (χ0) is 19.7. The van der Waals surface area contributed by atoms with Gasteiger partial charge in [0.05, 0.1) is 16.6 Å². The van der Waals surface area contributed by atoms with Gasteiger partial charge in [0.15, 0.2) is 0 Å². The van der Waals surface area contributed by atoms with Gasteiger partial charge in [0.2, 0.25) is 0 Å². The number of rotatable bonds is 3. The number of halogens is 1. The van der Waals surface area contributed by atoms with Crippen LogP contribution in [-0.2, 0) is 6.54 Å². The van der Waals surface area contributed by atoms with E-state index in [1.54, 1.807) is 27.8 Å². The number of aromatic nitrogens is 3. The van der Waals surface area contributed by atoms with Crippen LogP contribution in [0, 0.1) is 18.2 Å². The van der Waals surface area contributed by atoms with E-state index < -0.39 is 0 Å². The van der Waals surface area contributed by atoms with Gasteiger partial charge in [-0.15, -0.1) is 6.42 Å². The number of fused-ring (bicyclic) bond motifs is 1. The van der Waals surface area contributed by atoms with Crippen molar-refractivity contribution in [1.29, 1.82) is 0 Å². The average Bonchev–Trinajstić information content (AvgIpc) is 3.08. The molecular formula is C21H20FN5O. The smallest absolute Gasteiger partial charge is 0.254 e. The van der Waals surface area contributed by atoms with Gasteiger partial charge >= 0.3 is 0 Å². The van der Waals surface area contributed by atoms with Gasteiger partial charge in [-0.25, -0.2) is 9.37 Å². The minimum absolute atomic E-state index is 0.0681. The van der Waals surface area contributed by atoms with E-state index in [2.05, 4.69) is 16.0 Å². The lowest BCUT2D eigenvalue weighted by Crippen LogP contribution is -2.38. The van der Waals surface area contributed by atoms with Crippen LogP contribution in [0.3, 0.4) is 0 Å². The molecule has 4 rings (SSSR count). The van der Waals surface area contributed by atoms with Gasteiger partial charge in [-0.1, -0.05) is 12.0 Å². The fourth-order valence-corrected chi connectivity index (χ4v) is 3.83. The first kappa shape index (κ1) is 18.0. The minimum atomic E-state index is -0.290. The first-order chi connectivity index (χ1) is 13.6. The molecule has 1 aliphatic heterocycles. The van der Waals surface area contributed by atoms with E-state index in [1.807, 2.05) is 6.07 Å². The number of terminal acetylenes is 1. The summed E-state index contributed by atoms with van der Waals surface area (Å²) in [6.45, 7) is 1.44. The highest BCUT2D eigenvalue weighted by Crippen LogP contribution is 2.34. The highest BCUT2D eigenvalue weighted by atomic mass is 19.1. The molecule has 0 saturated carbocycles. The first-order valence-electron chi connectivity index (χ1n) is 9.17. The van der Waals surface area contributed by atoms with E-state index >= 15 is 0 Å². The number of nitrogens with zero attached hydrogens (tertiary/aromatic N) is 4. The topological polar surface area (TPSA) is 77.0 Å². The Morgan fingerprint density at radius 2 is 2.11 bits per heavy atom. The van der Waals surface area contributed by atoms with Gasteiger partial charge in [-0.3, -0.25) is 9.48 Å². The van der Waals surface area contributed by atoms with Gasteiger partial charge in [0.1, 0.15) is 18.2 Å². The minimum Gasteiger partial charge on any atom is -0.384 e. The molecule has 0 bridgehead atoms. The van der Waals surface area contributed by atoms with Crippen molar-refractivity contribution in [1.82, 2.24) is 19.7 Å².